The first-order chi connectivity index (χ1) is 12.7. The molecule has 150 valence electrons. The number of carbonyl (C=O) groups excluding carboxylic acids is 1. The van der Waals surface area contributed by atoms with Crippen molar-refractivity contribution >= 4 is 21.7 Å². The second-order valence-electron chi connectivity index (χ2n) is 6.60. The molecule has 1 aliphatic rings. The number of nitro benzene ring substituents is 1. The zero-order chi connectivity index (χ0) is 20.2. The second-order valence-corrected chi connectivity index (χ2v) is 8.31. The third-order valence-electron chi connectivity index (χ3n) is 4.89. The highest BCUT2D eigenvalue weighted by Gasteiger charge is 2.31. The van der Waals surface area contributed by atoms with Crippen molar-refractivity contribution < 1.29 is 22.9 Å². The maximum absolute atomic E-state index is 12.8. The SMILES string of the molecule is CCOC(=O)c1cc(S(=O)(=O)NC(CN)C2CCCC2)cc([N+](=O)[O-])c1C. The summed E-state index contributed by atoms with van der Waals surface area (Å²) in [4.78, 5) is 22.4. The van der Waals surface area contributed by atoms with Crippen LogP contribution in [-0.2, 0) is 14.8 Å². The number of nitro groups is 1. The highest BCUT2D eigenvalue weighted by Crippen LogP contribution is 2.30. The van der Waals surface area contributed by atoms with Crippen molar-refractivity contribution in [3.05, 3.63) is 33.4 Å². The van der Waals surface area contributed by atoms with Crippen LogP contribution in [0.1, 0.15) is 48.5 Å². The predicted octanol–water partition coefficient (Wildman–Crippen LogP) is 1.88. The number of rotatable bonds is 8. The van der Waals surface area contributed by atoms with Crippen molar-refractivity contribution in [1.82, 2.24) is 4.72 Å². The van der Waals surface area contributed by atoms with Crippen LogP contribution in [0.5, 0.6) is 0 Å². The molecule has 2 rings (SSSR count). The Hall–Kier alpha value is -2.04. The summed E-state index contributed by atoms with van der Waals surface area (Å²) in [6.07, 6.45) is 3.80. The van der Waals surface area contributed by atoms with Crippen LogP contribution in [0.3, 0.4) is 0 Å². The van der Waals surface area contributed by atoms with Gasteiger partial charge in [0.05, 0.1) is 22.0 Å². The Morgan fingerprint density at radius 1 is 1.41 bits per heavy atom. The van der Waals surface area contributed by atoms with Gasteiger partial charge in [-0.15, -0.1) is 0 Å². The minimum Gasteiger partial charge on any atom is -0.462 e. The van der Waals surface area contributed by atoms with E-state index in [-0.39, 0.29) is 35.1 Å². The molecule has 1 aromatic rings. The number of carbonyl (C=O) groups is 1. The van der Waals surface area contributed by atoms with Crippen molar-refractivity contribution in [1.29, 1.82) is 0 Å². The molecule has 0 heterocycles. The van der Waals surface area contributed by atoms with Gasteiger partial charge in [0, 0.05) is 24.2 Å². The van der Waals surface area contributed by atoms with E-state index in [2.05, 4.69) is 4.72 Å². The summed E-state index contributed by atoms with van der Waals surface area (Å²) in [6.45, 7) is 3.17. The van der Waals surface area contributed by atoms with Gasteiger partial charge in [-0.3, -0.25) is 10.1 Å². The Morgan fingerprint density at radius 3 is 2.56 bits per heavy atom. The largest absolute Gasteiger partial charge is 0.462 e. The standard InChI is InChI=1S/C17H25N3O6S/c1-3-26-17(21)14-8-13(9-16(11(14)2)20(22)23)27(24,25)19-15(10-18)12-6-4-5-7-12/h8-9,12,15,19H,3-7,10,18H2,1-2H3. The molecule has 0 aliphatic heterocycles. The fourth-order valence-corrected chi connectivity index (χ4v) is 4.77. The normalized spacial score (nSPS) is 16.3. The number of ether oxygens (including phenoxy) is 1. The van der Waals surface area contributed by atoms with E-state index in [4.69, 9.17) is 10.5 Å². The first-order valence-corrected chi connectivity index (χ1v) is 10.4. The molecule has 0 spiro atoms. The van der Waals surface area contributed by atoms with Gasteiger partial charge in [-0.25, -0.2) is 17.9 Å². The Bertz CT molecular complexity index is 818. The van der Waals surface area contributed by atoms with Crippen molar-refractivity contribution in [2.45, 2.75) is 50.5 Å². The third-order valence-corrected chi connectivity index (χ3v) is 6.35. The molecular weight excluding hydrogens is 374 g/mol. The van der Waals surface area contributed by atoms with E-state index in [9.17, 15) is 23.3 Å². The van der Waals surface area contributed by atoms with Gasteiger partial charge in [0.25, 0.3) is 5.69 Å². The molecule has 0 amide bonds. The summed E-state index contributed by atoms with van der Waals surface area (Å²) in [5, 5.41) is 11.3. The highest BCUT2D eigenvalue weighted by atomic mass is 32.2. The van der Waals surface area contributed by atoms with Crippen LogP contribution < -0.4 is 10.5 Å². The Kier molecular flexibility index (Phi) is 6.90. The van der Waals surface area contributed by atoms with Crippen molar-refractivity contribution in [2.75, 3.05) is 13.2 Å². The second kappa shape index (κ2) is 8.77. The van der Waals surface area contributed by atoms with Gasteiger partial charge < -0.3 is 10.5 Å². The topological polar surface area (TPSA) is 142 Å². The van der Waals surface area contributed by atoms with E-state index in [0.29, 0.717) is 0 Å². The van der Waals surface area contributed by atoms with Crippen molar-refractivity contribution in [2.24, 2.45) is 11.7 Å². The van der Waals surface area contributed by atoms with Crippen molar-refractivity contribution in [3.8, 4) is 0 Å². The fraction of sp³-hybridized carbons (Fsp3) is 0.588. The lowest BCUT2D eigenvalue weighted by Gasteiger charge is -2.23. The van der Waals surface area contributed by atoms with Crippen LogP contribution >= 0.6 is 0 Å². The molecular formula is C17H25N3O6S. The molecule has 0 radical (unpaired) electrons. The summed E-state index contributed by atoms with van der Waals surface area (Å²) in [5.41, 5.74) is 5.21. The molecule has 3 N–H and O–H groups in total. The van der Waals surface area contributed by atoms with Gasteiger partial charge in [-0.2, -0.15) is 0 Å². The summed E-state index contributed by atoms with van der Waals surface area (Å²) < 4.78 is 33.1. The lowest BCUT2D eigenvalue weighted by atomic mass is 9.99. The molecule has 9 nitrogen and oxygen atoms in total. The van der Waals surface area contributed by atoms with Crippen LogP contribution in [0.15, 0.2) is 17.0 Å². The molecule has 1 aromatic carbocycles. The minimum absolute atomic E-state index is 0.0589. The zero-order valence-electron chi connectivity index (χ0n) is 15.4. The number of sulfonamides is 1. The maximum Gasteiger partial charge on any atom is 0.338 e. The molecule has 0 bridgehead atoms. The predicted molar refractivity (Wildman–Crippen MR) is 98.9 cm³/mol. The summed E-state index contributed by atoms with van der Waals surface area (Å²) in [6, 6.07) is 1.62. The lowest BCUT2D eigenvalue weighted by Crippen LogP contribution is -2.44. The molecule has 0 aromatic heterocycles. The van der Waals surface area contributed by atoms with Gasteiger partial charge in [0.1, 0.15) is 0 Å². The van der Waals surface area contributed by atoms with E-state index in [0.717, 1.165) is 37.8 Å². The highest BCUT2D eigenvalue weighted by molar-refractivity contribution is 7.89. The molecule has 1 saturated carbocycles. The first kappa shape index (κ1) is 21.3. The van der Waals surface area contributed by atoms with Gasteiger partial charge in [-0.05, 0) is 38.7 Å². The zero-order valence-corrected chi connectivity index (χ0v) is 16.3. The van der Waals surface area contributed by atoms with Crippen molar-refractivity contribution in [3.63, 3.8) is 0 Å². The molecule has 0 saturated heterocycles. The van der Waals surface area contributed by atoms with Crippen LogP contribution in [0.4, 0.5) is 5.69 Å². The van der Waals surface area contributed by atoms with Gasteiger partial charge in [0.15, 0.2) is 0 Å². The Balaban J connectivity index is 2.45. The monoisotopic (exact) mass is 399 g/mol. The number of hydrogen-bond donors (Lipinski definition) is 2. The Morgan fingerprint density at radius 2 is 2.04 bits per heavy atom. The molecule has 1 aliphatic carbocycles. The summed E-state index contributed by atoms with van der Waals surface area (Å²) in [5.74, 6) is -0.670. The van der Waals surface area contributed by atoms with Gasteiger partial charge >= 0.3 is 5.97 Å². The number of nitrogens with one attached hydrogen (secondary N) is 1. The number of nitrogens with zero attached hydrogens (tertiary/aromatic N) is 1. The quantitative estimate of drug-likeness (QED) is 0.386. The van der Waals surface area contributed by atoms with Gasteiger partial charge in [0.2, 0.25) is 10.0 Å². The lowest BCUT2D eigenvalue weighted by molar-refractivity contribution is -0.385. The number of hydrogen-bond acceptors (Lipinski definition) is 7. The van der Waals surface area contributed by atoms with E-state index in [1.165, 1.54) is 6.92 Å². The van der Waals surface area contributed by atoms with Crippen LogP contribution in [0.25, 0.3) is 0 Å². The summed E-state index contributed by atoms with van der Waals surface area (Å²) in [7, 11) is -4.09. The summed E-state index contributed by atoms with van der Waals surface area (Å²) >= 11 is 0. The van der Waals surface area contributed by atoms with E-state index in [1.54, 1.807) is 6.92 Å². The molecule has 1 fully saturated rings. The number of benzene rings is 1. The average Bonchev–Trinajstić information content (AvgIpc) is 3.14. The van der Waals surface area contributed by atoms with E-state index < -0.39 is 32.6 Å². The van der Waals surface area contributed by atoms with Crippen LogP contribution in [0, 0.1) is 23.0 Å². The molecule has 27 heavy (non-hydrogen) atoms. The number of nitrogens with two attached hydrogens (primary N) is 1. The van der Waals surface area contributed by atoms with Crippen LogP contribution in [-0.4, -0.2) is 38.5 Å². The van der Waals surface area contributed by atoms with Crippen LogP contribution in [0.2, 0.25) is 0 Å². The minimum atomic E-state index is -4.09. The van der Waals surface area contributed by atoms with E-state index in [1.807, 2.05) is 0 Å². The third kappa shape index (κ3) is 4.82. The molecule has 1 atom stereocenters. The molecule has 1 unspecified atom stereocenters. The van der Waals surface area contributed by atoms with Gasteiger partial charge in [-0.1, -0.05) is 12.8 Å². The average molecular weight is 399 g/mol. The Labute approximate surface area is 158 Å². The maximum atomic E-state index is 12.8. The fourth-order valence-electron chi connectivity index (χ4n) is 3.40. The number of esters is 1. The first-order valence-electron chi connectivity index (χ1n) is 8.89. The van der Waals surface area contributed by atoms with E-state index >= 15 is 0 Å². The molecule has 10 heteroatoms. The smallest absolute Gasteiger partial charge is 0.338 e.